The van der Waals surface area contributed by atoms with E-state index in [1.807, 2.05) is 36.4 Å². The van der Waals surface area contributed by atoms with E-state index < -0.39 is 0 Å². The van der Waals surface area contributed by atoms with Crippen LogP contribution >= 0.6 is 11.6 Å². The van der Waals surface area contributed by atoms with E-state index in [4.69, 9.17) is 16.1 Å². The topological polar surface area (TPSA) is 65.6 Å². The van der Waals surface area contributed by atoms with Crippen molar-refractivity contribution >= 4 is 17.3 Å². The van der Waals surface area contributed by atoms with E-state index in [0.29, 0.717) is 22.5 Å². The molecular formula is C20H21ClN4O2. The van der Waals surface area contributed by atoms with Crippen LogP contribution in [0, 0.1) is 0 Å². The summed E-state index contributed by atoms with van der Waals surface area (Å²) in [4.78, 5) is 9.22. The van der Waals surface area contributed by atoms with E-state index in [1.165, 1.54) is 0 Å². The maximum absolute atomic E-state index is 9.41. The van der Waals surface area contributed by atoms with E-state index in [9.17, 15) is 5.11 Å². The number of rotatable bonds is 5. The smallest absolute Gasteiger partial charge is 0.228 e. The minimum absolute atomic E-state index is 0.300. The molecule has 0 bridgehead atoms. The van der Waals surface area contributed by atoms with Gasteiger partial charge in [-0.3, -0.25) is 4.90 Å². The molecule has 0 atom stereocenters. The number of phenolic OH excluding ortho intramolecular Hbond substituents is 1. The fourth-order valence-corrected chi connectivity index (χ4v) is 3.44. The molecule has 0 amide bonds. The van der Waals surface area contributed by atoms with Crippen molar-refractivity contribution in [3.8, 4) is 17.1 Å². The van der Waals surface area contributed by atoms with Crippen LogP contribution in [0.5, 0.6) is 5.75 Å². The minimum Gasteiger partial charge on any atom is -0.508 e. The van der Waals surface area contributed by atoms with E-state index in [2.05, 4.69) is 19.9 Å². The molecule has 1 N–H and O–H groups in total. The van der Waals surface area contributed by atoms with Gasteiger partial charge in [0.2, 0.25) is 11.7 Å². The first-order valence-corrected chi connectivity index (χ1v) is 9.40. The lowest BCUT2D eigenvalue weighted by Crippen LogP contribution is -2.47. The third-order valence-corrected chi connectivity index (χ3v) is 5.02. The number of aromatic nitrogens is 2. The summed E-state index contributed by atoms with van der Waals surface area (Å²) >= 11 is 6.02. The molecular weight excluding hydrogens is 364 g/mol. The van der Waals surface area contributed by atoms with Gasteiger partial charge in [0, 0.05) is 55.4 Å². The Morgan fingerprint density at radius 1 is 1.04 bits per heavy atom. The second kappa shape index (κ2) is 7.98. The molecule has 140 valence electrons. The second-order valence-electron chi connectivity index (χ2n) is 6.62. The van der Waals surface area contributed by atoms with Gasteiger partial charge >= 0.3 is 0 Å². The molecule has 1 aromatic heterocycles. The standard InChI is InChI=1S/C20H21ClN4O2/c21-16-3-1-2-15(14-16)20-22-19(27-23-20)8-9-24-10-12-25(13-11-24)17-4-6-18(26)7-5-17/h1-7,14,26H,8-13H2. The lowest BCUT2D eigenvalue weighted by molar-refractivity contribution is 0.249. The fourth-order valence-electron chi connectivity index (χ4n) is 3.25. The van der Waals surface area contributed by atoms with Gasteiger partial charge in [-0.25, -0.2) is 0 Å². The Labute approximate surface area is 163 Å². The highest BCUT2D eigenvalue weighted by atomic mass is 35.5. The van der Waals surface area contributed by atoms with Crippen LogP contribution < -0.4 is 4.90 Å². The quantitative estimate of drug-likeness (QED) is 0.726. The maximum atomic E-state index is 9.41. The van der Waals surface area contributed by atoms with Crippen LogP contribution in [0.15, 0.2) is 53.1 Å². The molecule has 0 aliphatic carbocycles. The predicted octanol–water partition coefficient (Wildman–Crippen LogP) is 3.46. The summed E-state index contributed by atoms with van der Waals surface area (Å²) < 4.78 is 5.39. The molecule has 0 spiro atoms. The third kappa shape index (κ3) is 4.40. The predicted molar refractivity (Wildman–Crippen MR) is 105 cm³/mol. The molecule has 1 fully saturated rings. The highest BCUT2D eigenvalue weighted by molar-refractivity contribution is 6.30. The monoisotopic (exact) mass is 384 g/mol. The molecule has 7 heteroatoms. The third-order valence-electron chi connectivity index (χ3n) is 4.78. The molecule has 1 saturated heterocycles. The molecule has 0 unspecified atom stereocenters. The minimum atomic E-state index is 0.300. The van der Waals surface area contributed by atoms with Gasteiger partial charge in [-0.05, 0) is 36.4 Å². The first kappa shape index (κ1) is 17.8. The fraction of sp³-hybridized carbons (Fsp3) is 0.300. The molecule has 4 rings (SSSR count). The molecule has 3 aromatic rings. The van der Waals surface area contributed by atoms with Crippen LogP contribution in [-0.2, 0) is 6.42 Å². The van der Waals surface area contributed by atoms with Gasteiger partial charge < -0.3 is 14.5 Å². The number of nitrogens with zero attached hydrogens (tertiary/aromatic N) is 4. The Morgan fingerprint density at radius 3 is 2.56 bits per heavy atom. The summed E-state index contributed by atoms with van der Waals surface area (Å²) in [7, 11) is 0. The number of hydrogen-bond acceptors (Lipinski definition) is 6. The second-order valence-corrected chi connectivity index (χ2v) is 7.05. The maximum Gasteiger partial charge on any atom is 0.228 e. The average Bonchev–Trinajstić information content (AvgIpc) is 3.17. The summed E-state index contributed by atoms with van der Waals surface area (Å²) in [5, 5.41) is 14.1. The zero-order valence-electron chi connectivity index (χ0n) is 14.9. The molecule has 2 aromatic carbocycles. The molecule has 1 aliphatic heterocycles. The van der Waals surface area contributed by atoms with Gasteiger partial charge in [0.05, 0.1) is 0 Å². The van der Waals surface area contributed by atoms with Crippen molar-refractivity contribution in [3.63, 3.8) is 0 Å². The zero-order valence-corrected chi connectivity index (χ0v) is 15.6. The van der Waals surface area contributed by atoms with Crippen LogP contribution in [0.4, 0.5) is 5.69 Å². The Kier molecular flexibility index (Phi) is 5.27. The Hall–Kier alpha value is -2.57. The lowest BCUT2D eigenvalue weighted by atomic mass is 10.2. The van der Waals surface area contributed by atoms with Crippen molar-refractivity contribution in [2.75, 3.05) is 37.6 Å². The first-order chi connectivity index (χ1) is 13.2. The van der Waals surface area contributed by atoms with Crippen molar-refractivity contribution in [1.29, 1.82) is 0 Å². The Balaban J connectivity index is 1.28. The summed E-state index contributed by atoms with van der Waals surface area (Å²) in [5.41, 5.74) is 2.01. The van der Waals surface area contributed by atoms with Crippen LogP contribution in [0.2, 0.25) is 5.02 Å². The van der Waals surface area contributed by atoms with Crippen LogP contribution in [0.1, 0.15) is 5.89 Å². The number of anilines is 1. The van der Waals surface area contributed by atoms with Gasteiger partial charge in [-0.1, -0.05) is 28.9 Å². The SMILES string of the molecule is Oc1ccc(N2CCN(CCc3nc(-c4cccc(Cl)c4)no3)CC2)cc1. The van der Waals surface area contributed by atoms with Crippen LogP contribution in [0.25, 0.3) is 11.4 Å². The number of piperazine rings is 1. The first-order valence-electron chi connectivity index (χ1n) is 9.02. The molecule has 0 saturated carbocycles. The lowest BCUT2D eigenvalue weighted by Gasteiger charge is -2.35. The molecule has 2 heterocycles. The van der Waals surface area contributed by atoms with Crippen molar-refractivity contribution in [2.24, 2.45) is 0 Å². The van der Waals surface area contributed by atoms with E-state index in [0.717, 1.165) is 50.4 Å². The number of phenols is 1. The van der Waals surface area contributed by atoms with Crippen molar-refractivity contribution in [2.45, 2.75) is 6.42 Å². The number of benzene rings is 2. The number of hydrogen-bond donors (Lipinski definition) is 1. The largest absolute Gasteiger partial charge is 0.508 e. The van der Waals surface area contributed by atoms with E-state index in [-0.39, 0.29) is 0 Å². The van der Waals surface area contributed by atoms with Gasteiger partial charge in [0.25, 0.3) is 0 Å². The van der Waals surface area contributed by atoms with Crippen LogP contribution in [0.3, 0.4) is 0 Å². The highest BCUT2D eigenvalue weighted by Crippen LogP contribution is 2.21. The molecule has 6 nitrogen and oxygen atoms in total. The molecule has 27 heavy (non-hydrogen) atoms. The van der Waals surface area contributed by atoms with Gasteiger partial charge in [0.1, 0.15) is 5.75 Å². The normalized spacial score (nSPS) is 15.2. The average molecular weight is 385 g/mol. The summed E-state index contributed by atoms with van der Waals surface area (Å²) in [5.74, 6) is 1.52. The number of aromatic hydroxyl groups is 1. The summed E-state index contributed by atoms with van der Waals surface area (Å²) in [6.45, 7) is 4.78. The van der Waals surface area contributed by atoms with E-state index in [1.54, 1.807) is 12.1 Å². The van der Waals surface area contributed by atoms with Gasteiger partial charge in [-0.15, -0.1) is 0 Å². The molecule has 1 aliphatic rings. The van der Waals surface area contributed by atoms with Gasteiger partial charge in [-0.2, -0.15) is 4.98 Å². The van der Waals surface area contributed by atoms with E-state index >= 15 is 0 Å². The van der Waals surface area contributed by atoms with Crippen molar-refractivity contribution < 1.29 is 9.63 Å². The summed E-state index contributed by atoms with van der Waals surface area (Å²) in [6.07, 6.45) is 0.729. The molecule has 0 radical (unpaired) electrons. The zero-order chi connectivity index (χ0) is 18.6. The highest BCUT2D eigenvalue weighted by Gasteiger charge is 2.18. The van der Waals surface area contributed by atoms with Crippen molar-refractivity contribution in [3.05, 3.63) is 59.4 Å². The van der Waals surface area contributed by atoms with Gasteiger partial charge in [0.15, 0.2) is 0 Å². The van der Waals surface area contributed by atoms with Crippen LogP contribution in [-0.4, -0.2) is 52.9 Å². The van der Waals surface area contributed by atoms with Crippen molar-refractivity contribution in [1.82, 2.24) is 15.0 Å². The Morgan fingerprint density at radius 2 is 1.81 bits per heavy atom. The number of halogens is 1. The summed E-state index contributed by atoms with van der Waals surface area (Å²) in [6, 6.07) is 14.8. The Bertz CT molecular complexity index is 889.